The minimum atomic E-state index is -0.202. The Morgan fingerprint density at radius 3 is 2.89 bits per heavy atom. The number of benzene rings is 1. The van der Waals surface area contributed by atoms with Crippen molar-refractivity contribution >= 4 is 34.9 Å². The highest BCUT2D eigenvalue weighted by Gasteiger charge is 2.30. The number of aromatic nitrogens is 3. The van der Waals surface area contributed by atoms with Gasteiger partial charge in [-0.3, -0.25) is 9.69 Å². The SMILES string of the molecule is C#Cc1cccc(Nc2ncnc3c2/C(=C/c2[nH]c(C)c(CCCN4CCOCC4)c2C)C(=O)N3)c1. The Morgan fingerprint density at radius 2 is 2.08 bits per heavy atom. The van der Waals surface area contributed by atoms with Crippen LogP contribution in [0, 0.1) is 26.2 Å². The van der Waals surface area contributed by atoms with Crippen molar-refractivity contribution in [3.8, 4) is 12.3 Å². The number of nitrogens with one attached hydrogen (secondary N) is 3. The molecule has 5 rings (SSSR count). The van der Waals surface area contributed by atoms with Crippen LogP contribution in [0.5, 0.6) is 0 Å². The maximum absolute atomic E-state index is 13.0. The number of rotatable bonds is 7. The number of carbonyl (C=O) groups excluding carboxylic acids is 1. The van der Waals surface area contributed by atoms with Crippen LogP contribution >= 0.6 is 0 Å². The summed E-state index contributed by atoms with van der Waals surface area (Å²) in [4.78, 5) is 27.6. The average molecular weight is 483 g/mol. The molecule has 0 spiro atoms. The molecule has 0 bridgehead atoms. The molecule has 1 aromatic carbocycles. The zero-order valence-corrected chi connectivity index (χ0v) is 20.6. The van der Waals surface area contributed by atoms with Gasteiger partial charge in [-0.25, -0.2) is 9.97 Å². The molecule has 1 amide bonds. The number of nitrogens with zero attached hydrogens (tertiary/aromatic N) is 3. The van der Waals surface area contributed by atoms with Gasteiger partial charge in [0.05, 0.1) is 24.4 Å². The van der Waals surface area contributed by atoms with Gasteiger partial charge in [0, 0.05) is 35.7 Å². The third kappa shape index (κ3) is 4.89. The molecule has 0 radical (unpaired) electrons. The molecule has 8 nitrogen and oxygen atoms in total. The Hall–Kier alpha value is -3.93. The Balaban J connectivity index is 1.40. The number of aryl methyl sites for hydroxylation is 1. The highest BCUT2D eigenvalue weighted by atomic mass is 16.5. The van der Waals surface area contributed by atoms with Gasteiger partial charge in [0.25, 0.3) is 5.91 Å². The largest absolute Gasteiger partial charge is 0.379 e. The number of terminal acetylenes is 1. The van der Waals surface area contributed by atoms with Crippen molar-refractivity contribution in [3.05, 3.63) is 64.2 Å². The quantitative estimate of drug-likeness (QED) is 0.349. The highest BCUT2D eigenvalue weighted by molar-refractivity contribution is 6.35. The van der Waals surface area contributed by atoms with E-state index in [2.05, 4.69) is 50.3 Å². The van der Waals surface area contributed by atoms with Crippen LogP contribution in [0.4, 0.5) is 17.3 Å². The molecule has 4 heterocycles. The van der Waals surface area contributed by atoms with Gasteiger partial charge in [-0.05, 0) is 68.6 Å². The molecule has 0 unspecified atom stereocenters. The summed E-state index contributed by atoms with van der Waals surface area (Å²) in [6.07, 6.45) is 11.0. The van der Waals surface area contributed by atoms with Gasteiger partial charge in [0.1, 0.15) is 18.0 Å². The number of amides is 1. The van der Waals surface area contributed by atoms with Crippen molar-refractivity contribution in [2.24, 2.45) is 0 Å². The number of ether oxygens (including phenoxy) is 1. The number of fused-ring (bicyclic) bond motifs is 1. The number of morpholine rings is 1. The van der Waals surface area contributed by atoms with Gasteiger partial charge in [0.15, 0.2) is 0 Å². The number of H-pyrrole nitrogens is 1. The Morgan fingerprint density at radius 1 is 1.25 bits per heavy atom. The molecule has 2 aromatic heterocycles. The number of hydrogen-bond donors (Lipinski definition) is 3. The topological polar surface area (TPSA) is 95.2 Å². The summed E-state index contributed by atoms with van der Waals surface area (Å²) in [5.74, 6) is 3.47. The number of anilines is 3. The van der Waals surface area contributed by atoms with Crippen LogP contribution in [0.3, 0.4) is 0 Å². The van der Waals surface area contributed by atoms with Crippen molar-refractivity contribution in [1.29, 1.82) is 0 Å². The molecule has 3 aromatic rings. The van der Waals surface area contributed by atoms with E-state index in [1.807, 2.05) is 30.3 Å². The standard InChI is InChI=1S/C28H30N6O2/c1-4-20-7-5-8-21(15-20)32-26-25-23(28(35)33-27(25)30-17-29-26)16-24-18(2)22(19(3)31-24)9-6-10-34-11-13-36-14-12-34/h1,5,7-8,15-17,31H,6,9-14H2,2-3H3,(H2,29,30,32,33,35)/b23-16-. The summed E-state index contributed by atoms with van der Waals surface area (Å²) in [5, 5.41) is 6.17. The third-order valence-corrected chi connectivity index (χ3v) is 6.81. The second kappa shape index (κ2) is 10.4. The smallest absolute Gasteiger partial charge is 0.257 e. The van der Waals surface area contributed by atoms with Gasteiger partial charge in [-0.2, -0.15) is 0 Å². The molecule has 8 heteroatoms. The molecule has 1 saturated heterocycles. The Kier molecular flexibility index (Phi) is 6.85. The molecule has 184 valence electrons. The molecule has 36 heavy (non-hydrogen) atoms. The van der Waals surface area contributed by atoms with Gasteiger partial charge in [-0.15, -0.1) is 6.42 Å². The average Bonchev–Trinajstić information content (AvgIpc) is 3.35. The zero-order valence-electron chi connectivity index (χ0n) is 20.6. The number of aromatic amines is 1. The molecule has 3 N–H and O–H groups in total. The molecule has 0 atom stereocenters. The summed E-state index contributed by atoms with van der Waals surface area (Å²) in [7, 11) is 0. The minimum absolute atomic E-state index is 0.202. The van der Waals surface area contributed by atoms with Crippen LogP contribution in [0.15, 0.2) is 30.6 Å². The second-order valence-electron chi connectivity index (χ2n) is 9.13. The molecule has 2 aliphatic rings. The molecule has 1 fully saturated rings. The van der Waals surface area contributed by atoms with Crippen LogP contribution < -0.4 is 10.6 Å². The van der Waals surface area contributed by atoms with E-state index in [9.17, 15) is 4.79 Å². The number of carbonyl (C=O) groups is 1. The summed E-state index contributed by atoms with van der Waals surface area (Å²) < 4.78 is 5.45. The van der Waals surface area contributed by atoms with E-state index in [1.165, 1.54) is 11.9 Å². The van der Waals surface area contributed by atoms with Gasteiger partial charge >= 0.3 is 0 Å². The normalized spacial score (nSPS) is 16.6. The molecular weight excluding hydrogens is 452 g/mol. The first-order valence-corrected chi connectivity index (χ1v) is 12.2. The first-order valence-electron chi connectivity index (χ1n) is 12.2. The Labute approximate surface area is 211 Å². The van der Waals surface area contributed by atoms with E-state index in [-0.39, 0.29) is 5.91 Å². The van der Waals surface area contributed by atoms with Crippen molar-refractivity contribution in [1.82, 2.24) is 19.9 Å². The van der Waals surface area contributed by atoms with E-state index < -0.39 is 0 Å². The van der Waals surface area contributed by atoms with E-state index in [0.29, 0.717) is 22.8 Å². The predicted molar refractivity (Wildman–Crippen MR) is 142 cm³/mol. The van der Waals surface area contributed by atoms with Gasteiger partial charge < -0.3 is 20.4 Å². The third-order valence-electron chi connectivity index (χ3n) is 6.81. The number of hydrogen-bond acceptors (Lipinski definition) is 6. The van der Waals surface area contributed by atoms with Crippen LogP contribution in [0.25, 0.3) is 11.6 Å². The fourth-order valence-electron chi connectivity index (χ4n) is 4.86. The van der Waals surface area contributed by atoms with Crippen LogP contribution in [0.2, 0.25) is 0 Å². The predicted octanol–water partition coefficient (Wildman–Crippen LogP) is 3.90. The van der Waals surface area contributed by atoms with Crippen molar-refractivity contribution in [3.63, 3.8) is 0 Å². The summed E-state index contributed by atoms with van der Waals surface area (Å²) in [6.45, 7) is 8.91. The van der Waals surface area contributed by atoms with E-state index in [4.69, 9.17) is 11.2 Å². The lowest BCUT2D eigenvalue weighted by Gasteiger charge is -2.26. The minimum Gasteiger partial charge on any atom is -0.379 e. The van der Waals surface area contributed by atoms with Gasteiger partial charge in [-0.1, -0.05) is 12.0 Å². The second-order valence-corrected chi connectivity index (χ2v) is 9.13. The monoisotopic (exact) mass is 482 g/mol. The summed E-state index contributed by atoms with van der Waals surface area (Å²) in [6, 6.07) is 7.51. The van der Waals surface area contributed by atoms with Gasteiger partial charge in [0.2, 0.25) is 0 Å². The van der Waals surface area contributed by atoms with E-state index >= 15 is 0 Å². The van der Waals surface area contributed by atoms with Crippen LogP contribution in [0.1, 0.15) is 40.1 Å². The molecule has 0 aliphatic carbocycles. The fraction of sp³-hybridized carbons (Fsp3) is 0.321. The van der Waals surface area contributed by atoms with E-state index in [1.54, 1.807) is 0 Å². The fourth-order valence-corrected chi connectivity index (χ4v) is 4.86. The lowest BCUT2D eigenvalue weighted by molar-refractivity contribution is -0.110. The lowest BCUT2D eigenvalue weighted by Crippen LogP contribution is -2.36. The zero-order chi connectivity index (χ0) is 25.1. The highest BCUT2D eigenvalue weighted by Crippen LogP contribution is 2.37. The van der Waals surface area contributed by atoms with E-state index in [0.717, 1.165) is 73.9 Å². The summed E-state index contributed by atoms with van der Waals surface area (Å²) in [5.41, 5.74) is 7.25. The first-order chi connectivity index (χ1) is 17.5. The van der Waals surface area contributed by atoms with Crippen molar-refractivity contribution in [2.75, 3.05) is 43.5 Å². The van der Waals surface area contributed by atoms with Crippen molar-refractivity contribution in [2.45, 2.75) is 26.7 Å². The Bertz CT molecular complexity index is 1360. The maximum Gasteiger partial charge on any atom is 0.257 e. The molecule has 2 aliphatic heterocycles. The van der Waals surface area contributed by atoms with Crippen molar-refractivity contribution < 1.29 is 9.53 Å². The molecular formula is C28H30N6O2. The lowest BCUT2D eigenvalue weighted by atomic mass is 10.0. The maximum atomic E-state index is 13.0. The first kappa shape index (κ1) is 23.8. The van der Waals surface area contributed by atoms with Crippen LogP contribution in [-0.4, -0.2) is 58.6 Å². The summed E-state index contributed by atoms with van der Waals surface area (Å²) >= 11 is 0. The molecule has 0 saturated carbocycles. The van der Waals surface area contributed by atoms with Crippen LogP contribution in [-0.2, 0) is 16.0 Å².